The van der Waals surface area contributed by atoms with E-state index in [1.165, 1.54) is 18.4 Å². The molecule has 1 saturated carbocycles. The number of hydrogen-bond donors (Lipinski definition) is 2. The Hall–Kier alpha value is -2.36. The van der Waals surface area contributed by atoms with Crippen LogP contribution in [0.15, 0.2) is 35.3 Å². The predicted octanol–water partition coefficient (Wildman–Crippen LogP) is 4.68. The van der Waals surface area contributed by atoms with Crippen LogP contribution in [0.5, 0.6) is 23.0 Å². The summed E-state index contributed by atoms with van der Waals surface area (Å²) in [6, 6.07) is 10.2. The first kappa shape index (κ1) is 26.9. The van der Waals surface area contributed by atoms with E-state index in [0.717, 1.165) is 36.0 Å². The molecule has 0 aliphatic heterocycles. The lowest BCUT2D eigenvalue weighted by Gasteiger charge is -2.16. The number of rotatable bonds is 11. The normalized spacial score (nSPS) is 13.1. The van der Waals surface area contributed by atoms with E-state index in [2.05, 4.69) is 35.8 Å². The van der Waals surface area contributed by atoms with E-state index in [-0.39, 0.29) is 24.0 Å². The smallest absolute Gasteiger partial charge is 0.203 e. The van der Waals surface area contributed by atoms with Gasteiger partial charge in [0.25, 0.3) is 0 Å². The Morgan fingerprint density at radius 1 is 0.970 bits per heavy atom. The zero-order chi connectivity index (χ0) is 22.9. The maximum Gasteiger partial charge on any atom is 0.203 e. The van der Waals surface area contributed by atoms with Gasteiger partial charge in [-0.15, -0.1) is 24.0 Å². The minimum absolute atomic E-state index is 0. The Bertz CT molecular complexity index is 907. The standard InChI is InChI=1S/C25H35N3O4.HI/c1-6-26-25(27-14-19-12-22(29-3)24(31-5)23(13-19)30-4)28-15-20-10-7-17(2)11-21(20)32-16-18-8-9-18;/h7,10-13,18H,6,8-9,14-16H2,1-5H3,(H2,26,27,28);1H. The highest BCUT2D eigenvalue weighted by Crippen LogP contribution is 2.38. The van der Waals surface area contributed by atoms with Crippen LogP contribution < -0.4 is 29.6 Å². The average molecular weight is 569 g/mol. The highest BCUT2D eigenvalue weighted by Gasteiger charge is 2.22. The van der Waals surface area contributed by atoms with Gasteiger partial charge in [0.1, 0.15) is 5.75 Å². The van der Waals surface area contributed by atoms with Crippen molar-refractivity contribution < 1.29 is 18.9 Å². The second-order valence-electron chi connectivity index (χ2n) is 7.95. The second kappa shape index (κ2) is 13.4. The number of nitrogens with zero attached hydrogens (tertiary/aromatic N) is 1. The molecule has 33 heavy (non-hydrogen) atoms. The molecule has 7 nitrogen and oxygen atoms in total. The van der Waals surface area contributed by atoms with Gasteiger partial charge in [0.2, 0.25) is 5.75 Å². The molecule has 8 heteroatoms. The van der Waals surface area contributed by atoms with Crippen LogP contribution >= 0.6 is 24.0 Å². The zero-order valence-electron chi connectivity index (χ0n) is 20.2. The van der Waals surface area contributed by atoms with Crippen molar-refractivity contribution in [1.29, 1.82) is 0 Å². The summed E-state index contributed by atoms with van der Waals surface area (Å²) >= 11 is 0. The Morgan fingerprint density at radius 2 is 1.67 bits per heavy atom. The van der Waals surface area contributed by atoms with Crippen molar-refractivity contribution in [1.82, 2.24) is 10.6 Å². The van der Waals surface area contributed by atoms with Crippen molar-refractivity contribution in [2.24, 2.45) is 10.9 Å². The van der Waals surface area contributed by atoms with Gasteiger partial charge in [-0.2, -0.15) is 0 Å². The van der Waals surface area contributed by atoms with Crippen LogP contribution in [0, 0.1) is 12.8 Å². The van der Waals surface area contributed by atoms with Crippen LogP contribution in [0.3, 0.4) is 0 Å². The molecule has 0 saturated heterocycles. The van der Waals surface area contributed by atoms with E-state index in [9.17, 15) is 0 Å². The number of aliphatic imine (C=N–C) groups is 1. The zero-order valence-corrected chi connectivity index (χ0v) is 22.5. The van der Waals surface area contributed by atoms with Crippen molar-refractivity contribution >= 4 is 29.9 Å². The molecule has 0 atom stereocenters. The SMILES string of the molecule is CCNC(=NCc1cc(OC)c(OC)c(OC)c1)NCc1ccc(C)cc1OCC1CC1.I. The highest BCUT2D eigenvalue weighted by molar-refractivity contribution is 14.0. The Balaban J connectivity index is 0.00000385. The number of ether oxygens (including phenoxy) is 4. The first-order valence-electron chi connectivity index (χ1n) is 11.1. The molecule has 1 fully saturated rings. The molecule has 2 N–H and O–H groups in total. The third kappa shape index (κ3) is 7.87. The number of hydrogen-bond acceptors (Lipinski definition) is 5. The molecular formula is C25H36IN3O4. The largest absolute Gasteiger partial charge is 0.493 e. The van der Waals surface area contributed by atoms with Crippen molar-refractivity contribution in [2.45, 2.75) is 39.8 Å². The average Bonchev–Trinajstić information content (AvgIpc) is 3.64. The monoisotopic (exact) mass is 569 g/mol. The molecule has 0 unspecified atom stereocenters. The van der Waals surface area contributed by atoms with E-state index < -0.39 is 0 Å². The van der Waals surface area contributed by atoms with Crippen molar-refractivity contribution in [3.63, 3.8) is 0 Å². The van der Waals surface area contributed by atoms with Gasteiger partial charge in [0.15, 0.2) is 17.5 Å². The summed E-state index contributed by atoms with van der Waals surface area (Å²) in [7, 11) is 4.82. The van der Waals surface area contributed by atoms with Gasteiger partial charge >= 0.3 is 0 Å². The van der Waals surface area contributed by atoms with Crippen molar-refractivity contribution in [3.05, 3.63) is 47.0 Å². The van der Waals surface area contributed by atoms with Gasteiger partial charge in [-0.25, -0.2) is 4.99 Å². The quantitative estimate of drug-likeness (QED) is 0.233. The molecule has 1 aliphatic rings. The van der Waals surface area contributed by atoms with E-state index in [4.69, 9.17) is 23.9 Å². The first-order chi connectivity index (χ1) is 15.6. The lowest BCUT2D eigenvalue weighted by molar-refractivity contribution is 0.296. The third-order valence-corrected chi connectivity index (χ3v) is 5.33. The highest BCUT2D eigenvalue weighted by atomic mass is 127. The van der Waals surface area contributed by atoms with Crippen molar-refractivity contribution in [3.8, 4) is 23.0 Å². The summed E-state index contributed by atoms with van der Waals surface area (Å²) in [4.78, 5) is 4.74. The fourth-order valence-electron chi connectivity index (χ4n) is 3.35. The molecule has 0 amide bonds. The van der Waals surface area contributed by atoms with Crippen LogP contribution in [-0.4, -0.2) is 40.4 Å². The van der Waals surface area contributed by atoms with Crippen LogP contribution in [0.4, 0.5) is 0 Å². The summed E-state index contributed by atoms with van der Waals surface area (Å²) in [5.41, 5.74) is 3.28. The number of aryl methyl sites for hydroxylation is 1. The first-order valence-corrected chi connectivity index (χ1v) is 11.1. The minimum Gasteiger partial charge on any atom is -0.493 e. The summed E-state index contributed by atoms with van der Waals surface area (Å²) < 4.78 is 22.4. The van der Waals surface area contributed by atoms with Crippen LogP contribution in [-0.2, 0) is 13.1 Å². The maximum absolute atomic E-state index is 6.10. The third-order valence-electron chi connectivity index (χ3n) is 5.33. The van der Waals surface area contributed by atoms with Crippen LogP contribution in [0.1, 0.15) is 36.5 Å². The molecule has 1 aliphatic carbocycles. The number of guanidine groups is 1. The minimum atomic E-state index is 0. The molecule has 2 aromatic carbocycles. The molecule has 3 rings (SSSR count). The van der Waals surface area contributed by atoms with Gasteiger partial charge in [-0.3, -0.25) is 0 Å². The lowest BCUT2D eigenvalue weighted by atomic mass is 10.1. The van der Waals surface area contributed by atoms with Gasteiger partial charge in [-0.1, -0.05) is 12.1 Å². The molecule has 0 spiro atoms. The maximum atomic E-state index is 6.10. The number of methoxy groups -OCH3 is 3. The second-order valence-corrected chi connectivity index (χ2v) is 7.95. The molecule has 0 bridgehead atoms. The summed E-state index contributed by atoms with van der Waals surface area (Å²) in [6.07, 6.45) is 2.55. The van der Waals surface area contributed by atoms with Gasteiger partial charge in [-0.05, 0) is 61.9 Å². The van der Waals surface area contributed by atoms with E-state index in [1.807, 2.05) is 19.1 Å². The van der Waals surface area contributed by atoms with E-state index in [1.54, 1.807) is 21.3 Å². The summed E-state index contributed by atoms with van der Waals surface area (Å²) in [5, 5.41) is 6.73. The fraction of sp³-hybridized carbons (Fsp3) is 0.480. The summed E-state index contributed by atoms with van der Waals surface area (Å²) in [6.45, 7) is 6.79. The van der Waals surface area contributed by atoms with Gasteiger partial charge < -0.3 is 29.6 Å². The van der Waals surface area contributed by atoms with E-state index in [0.29, 0.717) is 36.3 Å². The van der Waals surface area contributed by atoms with Crippen molar-refractivity contribution in [2.75, 3.05) is 34.5 Å². The Kier molecular flexibility index (Phi) is 10.9. The topological polar surface area (TPSA) is 73.3 Å². The van der Waals surface area contributed by atoms with Crippen LogP contribution in [0.25, 0.3) is 0 Å². The molecule has 0 radical (unpaired) electrons. The summed E-state index contributed by atoms with van der Waals surface area (Å²) in [5.74, 6) is 4.21. The van der Waals surface area contributed by atoms with Gasteiger partial charge in [0.05, 0.1) is 34.5 Å². The Morgan fingerprint density at radius 3 is 2.24 bits per heavy atom. The molecule has 0 aromatic heterocycles. The molecule has 0 heterocycles. The Labute approximate surface area is 214 Å². The lowest BCUT2D eigenvalue weighted by Crippen LogP contribution is -2.36. The van der Waals surface area contributed by atoms with E-state index >= 15 is 0 Å². The number of halogens is 1. The van der Waals surface area contributed by atoms with Gasteiger partial charge in [0, 0.05) is 18.7 Å². The molecule has 2 aromatic rings. The predicted molar refractivity (Wildman–Crippen MR) is 143 cm³/mol. The fourth-order valence-corrected chi connectivity index (χ4v) is 3.35. The number of nitrogens with one attached hydrogen (secondary N) is 2. The van der Waals surface area contributed by atoms with Crippen LogP contribution in [0.2, 0.25) is 0 Å². The number of benzene rings is 2. The molecule has 182 valence electrons. The molecular weight excluding hydrogens is 533 g/mol.